The fourth-order valence-corrected chi connectivity index (χ4v) is 6.56. The highest BCUT2D eigenvalue weighted by Crippen LogP contribution is 2.33. The van der Waals surface area contributed by atoms with Crippen LogP contribution < -0.4 is 10.1 Å². The van der Waals surface area contributed by atoms with Crippen LogP contribution in [0.4, 0.5) is 5.13 Å². The number of aliphatic hydroxyl groups is 1. The van der Waals surface area contributed by atoms with Gasteiger partial charge in [-0.25, -0.2) is 18.4 Å². The molecule has 38 heavy (non-hydrogen) atoms. The highest BCUT2D eigenvalue weighted by atomic mass is 32.2. The third-order valence-electron chi connectivity index (χ3n) is 6.27. The molecule has 11 nitrogen and oxygen atoms in total. The standard InChI is InChI=1S/C25H29N5O6S2.H2/c1-30-12-11-17(15-30)36-21-10-9-20-24(27-21)37-25(26-20)28-23(32)22(29-35-14-2-13-31)16-3-5-18(6-4-16)38(33,34)19-7-8-19;/h3-6,9-10,17,19,31H,2,7-8,11-15H2,1H3,(H,26,28,32);1H/b29-22+;/t17-;/m0./s1. The molecule has 1 amide bonds. The van der Waals surface area contributed by atoms with Gasteiger partial charge in [0, 0.05) is 39.2 Å². The van der Waals surface area contributed by atoms with Gasteiger partial charge in [0.1, 0.15) is 23.1 Å². The summed E-state index contributed by atoms with van der Waals surface area (Å²) in [5.41, 5.74) is 0.964. The van der Waals surface area contributed by atoms with Crippen LogP contribution in [-0.2, 0) is 19.5 Å². The molecule has 2 N–H and O–H groups in total. The number of likely N-dealkylation sites (tertiary alicyclic amines) is 1. The van der Waals surface area contributed by atoms with Crippen LogP contribution in [0.15, 0.2) is 46.4 Å². The lowest BCUT2D eigenvalue weighted by atomic mass is 10.1. The fraction of sp³-hybridized carbons (Fsp3) is 0.440. The minimum Gasteiger partial charge on any atom is -0.473 e. The Balaban J connectivity index is 0.00000353. The van der Waals surface area contributed by atoms with E-state index in [1.807, 2.05) is 0 Å². The number of nitrogens with one attached hydrogen (secondary N) is 1. The van der Waals surface area contributed by atoms with Crippen molar-refractivity contribution in [2.45, 2.75) is 41.9 Å². The Labute approximate surface area is 225 Å². The van der Waals surface area contributed by atoms with Gasteiger partial charge in [0.15, 0.2) is 20.7 Å². The van der Waals surface area contributed by atoms with Crippen molar-refractivity contribution in [1.82, 2.24) is 14.9 Å². The Morgan fingerprint density at radius 3 is 2.68 bits per heavy atom. The van der Waals surface area contributed by atoms with E-state index in [0.29, 0.717) is 46.2 Å². The molecule has 0 spiro atoms. The lowest BCUT2D eigenvalue weighted by Crippen LogP contribution is -2.24. The average Bonchev–Trinajstić information content (AvgIpc) is 3.58. The summed E-state index contributed by atoms with van der Waals surface area (Å²) in [6.45, 7) is 1.87. The molecule has 1 aliphatic carbocycles. The first-order valence-electron chi connectivity index (χ1n) is 12.4. The zero-order chi connectivity index (χ0) is 26.7. The Kier molecular flexibility index (Phi) is 7.88. The van der Waals surface area contributed by atoms with Crippen molar-refractivity contribution >= 4 is 48.3 Å². The number of oxime groups is 1. The maximum atomic E-state index is 13.2. The van der Waals surface area contributed by atoms with E-state index in [1.165, 1.54) is 35.6 Å². The molecule has 2 fully saturated rings. The second kappa shape index (κ2) is 11.3. The van der Waals surface area contributed by atoms with E-state index in [2.05, 4.69) is 32.4 Å². The van der Waals surface area contributed by atoms with Gasteiger partial charge in [0.2, 0.25) is 5.88 Å². The smallest absolute Gasteiger partial charge is 0.280 e. The monoisotopic (exact) mass is 561 g/mol. The summed E-state index contributed by atoms with van der Waals surface area (Å²) in [6.07, 6.45) is 2.71. The number of thiazole rings is 1. The Morgan fingerprint density at radius 1 is 1.21 bits per heavy atom. The molecule has 5 rings (SSSR count). The van der Waals surface area contributed by atoms with Gasteiger partial charge < -0.3 is 19.6 Å². The maximum Gasteiger partial charge on any atom is 0.280 e. The second-order valence-electron chi connectivity index (χ2n) is 9.36. The van der Waals surface area contributed by atoms with Crippen LogP contribution in [0.5, 0.6) is 5.88 Å². The number of hydrogen-bond acceptors (Lipinski definition) is 11. The number of pyridine rings is 1. The van der Waals surface area contributed by atoms with Crippen molar-refractivity contribution in [2.24, 2.45) is 5.16 Å². The van der Waals surface area contributed by atoms with Crippen molar-refractivity contribution in [2.75, 3.05) is 38.7 Å². The van der Waals surface area contributed by atoms with E-state index in [4.69, 9.17) is 14.7 Å². The molecule has 13 heteroatoms. The van der Waals surface area contributed by atoms with Crippen molar-refractivity contribution in [1.29, 1.82) is 0 Å². The lowest BCUT2D eigenvalue weighted by Gasteiger charge is -2.12. The van der Waals surface area contributed by atoms with Gasteiger partial charge in [-0.1, -0.05) is 28.6 Å². The van der Waals surface area contributed by atoms with Crippen molar-refractivity contribution in [3.05, 3.63) is 42.0 Å². The van der Waals surface area contributed by atoms with Crippen LogP contribution >= 0.6 is 11.3 Å². The fourth-order valence-electron chi connectivity index (χ4n) is 4.07. The van der Waals surface area contributed by atoms with E-state index < -0.39 is 15.7 Å². The summed E-state index contributed by atoms with van der Waals surface area (Å²) in [5.74, 6) is -0.0589. The van der Waals surface area contributed by atoms with Crippen molar-refractivity contribution in [3.63, 3.8) is 0 Å². The zero-order valence-electron chi connectivity index (χ0n) is 20.9. The molecule has 3 aromatic rings. The minimum absolute atomic E-state index is 0. The Bertz CT molecular complexity index is 1440. The van der Waals surface area contributed by atoms with Crippen LogP contribution in [0.25, 0.3) is 10.3 Å². The second-order valence-corrected chi connectivity index (χ2v) is 12.6. The van der Waals surface area contributed by atoms with Crippen molar-refractivity contribution in [3.8, 4) is 5.88 Å². The number of carbonyl (C=O) groups is 1. The SMILES string of the molecule is CN1CC[C@H](Oc2ccc3nc(NC(=O)/C(=N/OCCCO)c4ccc(S(=O)(=O)C5CC5)cc4)sc3n2)C1.[HH]. The Hall–Kier alpha value is -3.13. The lowest BCUT2D eigenvalue weighted by molar-refractivity contribution is -0.110. The van der Waals surface area contributed by atoms with E-state index in [-0.39, 0.29) is 36.6 Å². The molecule has 0 bridgehead atoms. The molecule has 3 heterocycles. The average molecular weight is 562 g/mol. The predicted octanol–water partition coefficient (Wildman–Crippen LogP) is 2.70. The number of sulfone groups is 1. The van der Waals surface area contributed by atoms with E-state index >= 15 is 0 Å². The van der Waals surface area contributed by atoms with E-state index in [0.717, 1.165) is 19.5 Å². The first-order valence-corrected chi connectivity index (χ1v) is 14.8. The number of ether oxygens (including phenoxy) is 1. The highest BCUT2D eigenvalue weighted by molar-refractivity contribution is 7.92. The van der Waals surface area contributed by atoms with Crippen LogP contribution in [0.2, 0.25) is 0 Å². The molecule has 204 valence electrons. The number of benzene rings is 1. The molecule has 0 unspecified atom stereocenters. The third-order valence-corrected chi connectivity index (χ3v) is 9.43. The first-order chi connectivity index (χ1) is 18.3. The van der Waals surface area contributed by atoms with Gasteiger partial charge in [0.05, 0.1) is 10.1 Å². The van der Waals surface area contributed by atoms with Gasteiger partial charge in [-0.3, -0.25) is 10.1 Å². The van der Waals surface area contributed by atoms with Crippen molar-refractivity contribution < 1.29 is 29.3 Å². The molecule has 1 aromatic carbocycles. The summed E-state index contributed by atoms with van der Waals surface area (Å²) in [6, 6.07) is 9.59. The first kappa shape index (κ1) is 26.5. The molecule has 1 saturated heterocycles. The van der Waals surface area contributed by atoms with Gasteiger partial charge in [-0.15, -0.1) is 0 Å². The number of anilines is 1. The largest absolute Gasteiger partial charge is 0.473 e. The molecular weight excluding hydrogens is 530 g/mol. The number of aliphatic hydroxyl groups excluding tert-OH is 1. The van der Waals surface area contributed by atoms with E-state index in [1.54, 1.807) is 12.1 Å². The van der Waals surface area contributed by atoms with Gasteiger partial charge >= 0.3 is 0 Å². The normalized spacial score (nSPS) is 18.6. The number of fused-ring (bicyclic) bond motifs is 1. The molecule has 0 radical (unpaired) electrons. The van der Waals surface area contributed by atoms with Gasteiger partial charge in [-0.2, -0.15) is 0 Å². The number of amides is 1. The maximum absolute atomic E-state index is 13.2. The molecule has 2 aromatic heterocycles. The van der Waals surface area contributed by atoms with Crippen LogP contribution in [0.1, 0.15) is 32.7 Å². The minimum atomic E-state index is -3.36. The number of aromatic nitrogens is 2. The highest BCUT2D eigenvalue weighted by Gasteiger charge is 2.36. The molecule has 1 aliphatic heterocycles. The summed E-state index contributed by atoms with van der Waals surface area (Å²) in [5, 5.41) is 15.7. The summed E-state index contributed by atoms with van der Waals surface area (Å²) < 4.78 is 31.1. The number of rotatable bonds is 11. The number of likely N-dealkylation sites (N-methyl/N-ethyl adjacent to an activating group) is 1. The molecule has 1 atom stereocenters. The quantitative estimate of drug-likeness (QED) is 0.205. The van der Waals surface area contributed by atoms with Crippen LogP contribution in [-0.4, -0.2) is 84.7 Å². The summed E-state index contributed by atoms with van der Waals surface area (Å²) in [4.78, 5) is 30.5. The number of carbonyl (C=O) groups excluding carboxylic acids is 1. The number of hydrogen-bond donors (Lipinski definition) is 2. The van der Waals surface area contributed by atoms with Crippen LogP contribution in [0.3, 0.4) is 0 Å². The van der Waals surface area contributed by atoms with Crippen LogP contribution in [0, 0.1) is 0 Å². The van der Waals surface area contributed by atoms with Gasteiger partial charge in [0.25, 0.3) is 5.91 Å². The number of nitrogens with zero attached hydrogens (tertiary/aromatic N) is 4. The summed E-state index contributed by atoms with van der Waals surface area (Å²) >= 11 is 1.21. The third kappa shape index (κ3) is 6.12. The predicted molar refractivity (Wildman–Crippen MR) is 146 cm³/mol. The topological polar surface area (TPSA) is 143 Å². The van der Waals surface area contributed by atoms with Gasteiger partial charge in [-0.05, 0) is 44.5 Å². The Morgan fingerprint density at radius 2 is 2.00 bits per heavy atom. The zero-order valence-corrected chi connectivity index (χ0v) is 22.5. The molecular formula is C25H31N5O6S2. The molecule has 2 aliphatic rings. The molecule has 1 saturated carbocycles. The summed E-state index contributed by atoms with van der Waals surface area (Å²) in [7, 11) is -1.30. The van der Waals surface area contributed by atoms with E-state index in [9.17, 15) is 13.2 Å².